The van der Waals surface area contributed by atoms with Crippen LogP contribution in [0, 0.1) is 5.82 Å². The minimum Gasteiger partial charge on any atom is -0.466 e. The SMILES string of the molecule is CCOC(=O)CCNCC(=O)NC(C)c1ccc(F)cc1. The summed E-state index contributed by atoms with van der Waals surface area (Å²) in [5, 5.41) is 5.66. The van der Waals surface area contributed by atoms with Crippen LogP contribution in [-0.2, 0) is 14.3 Å². The van der Waals surface area contributed by atoms with E-state index in [0.29, 0.717) is 13.2 Å². The Balaban J connectivity index is 2.24. The van der Waals surface area contributed by atoms with Crippen molar-refractivity contribution in [3.63, 3.8) is 0 Å². The minimum absolute atomic E-state index is 0.116. The maximum Gasteiger partial charge on any atom is 0.307 e. The van der Waals surface area contributed by atoms with Gasteiger partial charge >= 0.3 is 5.97 Å². The van der Waals surface area contributed by atoms with Crippen molar-refractivity contribution in [1.82, 2.24) is 10.6 Å². The second kappa shape index (κ2) is 9.07. The van der Waals surface area contributed by atoms with E-state index >= 15 is 0 Å². The molecule has 0 saturated heterocycles. The molecule has 0 aliphatic carbocycles. The van der Waals surface area contributed by atoms with E-state index in [0.717, 1.165) is 5.56 Å². The summed E-state index contributed by atoms with van der Waals surface area (Å²) >= 11 is 0. The smallest absolute Gasteiger partial charge is 0.307 e. The Morgan fingerprint density at radius 3 is 2.57 bits per heavy atom. The van der Waals surface area contributed by atoms with Crippen LogP contribution in [0.3, 0.4) is 0 Å². The third kappa shape index (κ3) is 6.85. The van der Waals surface area contributed by atoms with Crippen LogP contribution < -0.4 is 10.6 Å². The van der Waals surface area contributed by atoms with Crippen molar-refractivity contribution in [2.75, 3.05) is 19.7 Å². The van der Waals surface area contributed by atoms with E-state index in [4.69, 9.17) is 4.74 Å². The van der Waals surface area contributed by atoms with Crippen molar-refractivity contribution in [1.29, 1.82) is 0 Å². The third-order valence-electron chi connectivity index (χ3n) is 2.84. The molecule has 1 amide bonds. The summed E-state index contributed by atoms with van der Waals surface area (Å²) < 4.78 is 17.6. The van der Waals surface area contributed by atoms with E-state index in [-0.39, 0.29) is 36.7 Å². The lowest BCUT2D eigenvalue weighted by molar-refractivity contribution is -0.143. The summed E-state index contributed by atoms with van der Waals surface area (Å²) in [7, 11) is 0. The summed E-state index contributed by atoms with van der Waals surface area (Å²) in [4.78, 5) is 22.8. The largest absolute Gasteiger partial charge is 0.466 e. The second-order valence-corrected chi connectivity index (χ2v) is 4.57. The molecule has 0 heterocycles. The average molecular weight is 296 g/mol. The molecule has 6 heteroatoms. The number of ether oxygens (including phenoxy) is 1. The van der Waals surface area contributed by atoms with Crippen LogP contribution in [0.2, 0.25) is 0 Å². The van der Waals surface area contributed by atoms with Crippen molar-refractivity contribution in [3.05, 3.63) is 35.6 Å². The zero-order valence-corrected chi connectivity index (χ0v) is 12.3. The number of carbonyl (C=O) groups excluding carboxylic acids is 2. The van der Waals surface area contributed by atoms with Crippen LogP contribution in [0.1, 0.15) is 31.9 Å². The number of esters is 1. The summed E-state index contributed by atoms with van der Waals surface area (Å²) in [6.45, 7) is 4.43. The fourth-order valence-electron chi connectivity index (χ4n) is 1.75. The van der Waals surface area contributed by atoms with Gasteiger partial charge in [-0.25, -0.2) is 4.39 Å². The highest BCUT2D eigenvalue weighted by atomic mass is 19.1. The predicted octanol–water partition coefficient (Wildman–Crippen LogP) is 1.55. The molecule has 2 N–H and O–H groups in total. The Bertz CT molecular complexity index is 462. The van der Waals surface area contributed by atoms with Gasteiger partial charge in [0.2, 0.25) is 5.91 Å². The second-order valence-electron chi connectivity index (χ2n) is 4.57. The van der Waals surface area contributed by atoms with Gasteiger partial charge in [-0.05, 0) is 31.5 Å². The monoisotopic (exact) mass is 296 g/mol. The van der Waals surface area contributed by atoms with Gasteiger partial charge in [0.1, 0.15) is 5.82 Å². The summed E-state index contributed by atoms with van der Waals surface area (Å²) in [5.41, 5.74) is 0.830. The summed E-state index contributed by atoms with van der Waals surface area (Å²) in [6.07, 6.45) is 0.231. The number of rotatable bonds is 8. The summed E-state index contributed by atoms with van der Waals surface area (Å²) in [5.74, 6) is -0.779. The molecular weight excluding hydrogens is 275 g/mol. The van der Waals surface area contributed by atoms with Gasteiger partial charge < -0.3 is 15.4 Å². The first-order valence-corrected chi connectivity index (χ1v) is 6.94. The molecule has 1 unspecified atom stereocenters. The van der Waals surface area contributed by atoms with E-state index < -0.39 is 0 Å². The molecule has 0 aliphatic heterocycles. The lowest BCUT2D eigenvalue weighted by Gasteiger charge is -2.14. The third-order valence-corrected chi connectivity index (χ3v) is 2.84. The van der Waals surface area contributed by atoms with E-state index in [9.17, 15) is 14.0 Å². The number of hydrogen-bond acceptors (Lipinski definition) is 4. The summed E-state index contributed by atoms with van der Waals surface area (Å²) in [6, 6.07) is 5.78. The molecule has 0 bridgehead atoms. The van der Waals surface area contributed by atoms with Gasteiger partial charge in [-0.15, -0.1) is 0 Å². The van der Waals surface area contributed by atoms with E-state index in [1.54, 1.807) is 19.1 Å². The van der Waals surface area contributed by atoms with Crippen LogP contribution >= 0.6 is 0 Å². The lowest BCUT2D eigenvalue weighted by Crippen LogP contribution is -2.36. The molecule has 1 aromatic carbocycles. The van der Waals surface area contributed by atoms with Gasteiger partial charge in [0.25, 0.3) is 0 Å². The van der Waals surface area contributed by atoms with Gasteiger partial charge in [-0.2, -0.15) is 0 Å². The van der Waals surface area contributed by atoms with E-state index in [1.165, 1.54) is 12.1 Å². The Labute approximate surface area is 123 Å². The fraction of sp³-hybridized carbons (Fsp3) is 0.467. The Hall–Kier alpha value is -1.95. The number of amides is 1. The van der Waals surface area contributed by atoms with Crippen LogP contribution in [0.15, 0.2) is 24.3 Å². The molecule has 0 radical (unpaired) electrons. The van der Waals surface area contributed by atoms with Crippen LogP contribution in [-0.4, -0.2) is 31.6 Å². The molecule has 1 rings (SSSR count). The number of hydrogen-bond donors (Lipinski definition) is 2. The van der Waals surface area contributed by atoms with Crippen LogP contribution in [0.25, 0.3) is 0 Å². The molecule has 0 aliphatic rings. The predicted molar refractivity (Wildman–Crippen MR) is 77.1 cm³/mol. The number of halogens is 1. The van der Waals surface area contributed by atoms with E-state index in [1.807, 2.05) is 6.92 Å². The molecule has 21 heavy (non-hydrogen) atoms. The molecular formula is C15H21FN2O3. The Kier molecular flexibility index (Phi) is 7.39. The number of carbonyl (C=O) groups is 2. The van der Waals surface area contributed by atoms with Crippen molar-refractivity contribution in [2.45, 2.75) is 26.3 Å². The first kappa shape index (κ1) is 17.1. The maximum absolute atomic E-state index is 12.8. The molecule has 0 saturated carbocycles. The molecule has 116 valence electrons. The molecule has 0 spiro atoms. The average Bonchev–Trinajstić information content (AvgIpc) is 2.44. The topological polar surface area (TPSA) is 67.4 Å². The number of benzene rings is 1. The highest BCUT2D eigenvalue weighted by Gasteiger charge is 2.09. The van der Waals surface area contributed by atoms with Gasteiger partial charge in [0.15, 0.2) is 0 Å². The first-order chi connectivity index (χ1) is 10.0. The maximum atomic E-state index is 12.8. The van der Waals surface area contributed by atoms with E-state index in [2.05, 4.69) is 10.6 Å². The van der Waals surface area contributed by atoms with Gasteiger partial charge in [-0.1, -0.05) is 12.1 Å². The first-order valence-electron chi connectivity index (χ1n) is 6.94. The van der Waals surface area contributed by atoms with Gasteiger partial charge in [-0.3, -0.25) is 9.59 Å². The van der Waals surface area contributed by atoms with Crippen molar-refractivity contribution in [2.24, 2.45) is 0 Å². The zero-order valence-electron chi connectivity index (χ0n) is 12.3. The van der Waals surface area contributed by atoms with Crippen molar-refractivity contribution < 1.29 is 18.7 Å². The lowest BCUT2D eigenvalue weighted by atomic mass is 10.1. The standard InChI is InChI=1S/C15H21FN2O3/c1-3-21-15(20)8-9-17-10-14(19)18-11(2)12-4-6-13(16)7-5-12/h4-7,11,17H,3,8-10H2,1-2H3,(H,18,19). The van der Waals surface area contributed by atoms with Crippen LogP contribution in [0.5, 0.6) is 0 Å². The highest BCUT2D eigenvalue weighted by Crippen LogP contribution is 2.12. The Morgan fingerprint density at radius 1 is 1.29 bits per heavy atom. The van der Waals surface area contributed by atoms with Gasteiger partial charge in [0, 0.05) is 6.54 Å². The molecule has 0 fully saturated rings. The highest BCUT2D eigenvalue weighted by molar-refractivity contribution is 5.78. The Morgan fingerprint density at radius 2 is 1.95 bits per heavy atom. The molecule has 0 aromatic heterocycles. The quantitative estimate of drug-likeness (QED) is 0.564. The molecule has 1 atom stereocenters. The molecule has 1 aromatic rings. The van der Waals surface area contributed by atoms with Gasteiger partial charge in [0.05, 0.1) is 25.6 Å². The van der Waals surface area contributed by atoms with Crippen molar-refractivity contribution >= 4 is 11.9 Å². The zero-order chi connectivity index (χ0) is 15.7. The van der Waals surface area contributed by atoms with Crippen LogP contribution in [0.4, 0.5) is 4.39 Å². The van der Waals surface area contributed by atoms with Crippen molar-refractivity contribution in [3.8, 4) is 0 Å². The minimum atomic E-state index is -0.307. The normalized spacial score (nSPS) is 11.8. The number of nitrogens with one attached hydrogen (secondary N) is 2. The fourth-order valence-corrected chi connectivity index (χ4v) is 1.75. The molecule has 5 nitrogen and oxygen atoms in total.